The fourth-order valence-corrected chi connectivity index (χ4v) is 22.6. The van der Waals surface area contributed by atoms with Gasteiger partial charge in [-0.05, 0) is 172 Å². The second-order valence-corrected chi connectivity index (χ2v) is 35.3. The maximum Gasteiger partial charge on any atom is 0.246 e. The van der Waals surface area contributed by atoms with E-state index in [-0.39, 0.29) is 26.9 Å². The average molecular weight is 1680 g/mol. The SMILES string of the molecule is Cc1cc2c3c(c1)c1ccccc1n3-c1ccccc1B2c1ccccc1.Cc1ccc2c3c1c1ccccc1n3-c1ccccc1B2c1ccccc1.c1ccc(B2c3ccccc3-n3c4c2cccc4c2cccc(N(c4ccccc4)c4ccccc4)c23)cc1.c1ccc(B2c3ccccc3-n3c4cc(N(c5ccccc5)c5ccccc5)ccc4c4cccc2c43)cc1. The zero-order valence-electron chi connectivity index (χ0n) is 73.2. The van der Waals surface area contributed by atoms with Crippen molar-refractivity contribution in [2.75, 3.05) is 9.80 Å². The van der Waals surface area contributed by atoms with Crippen molar-refractivity contribution < 1.29 is 0 Å². The van der Waals surface area contributed by atoms with Gasteiger partial charge in [0.1, 0.15) is 0 Å². The predicted molar refractivity (Wildman–Crippen MR) is 566 cm³/mol. The Morgan fingerprint density at radius 2 is 0.500 bits per heavy atom. The molecular weight excluding hydrogens is 1590 g/mol. The molecule has 8 heterocycles. The number of benzene rings is 20. The molecule has 0 aliphatic carbocycles. The molecule has 0 N–H and O–H groups in total. The van der Waals surface area contributed by atoms with Crippen molar-refractivity contribution >= 4 is 214 Å². The Morgan fingerprint density at radius 3 is 0.977 bits per heavy atom. The van der Waals surface area contributed by atoms with Crippen molar-refractivity contribution in [1.82, 2.24) is 18.3 Å². The van der Waals surface area contributed by atoms with Crippen molar-refractivity contribution in [2.24, 2.45) is 0 Å². The van der Waals surface area contributed by atoms with E-state index in [1.807, 2.05) is 0 Å². The van der Waals surface area contributed by atoms with Crippen molar-refractivity contribution in [1.29, 1.82) is 0 Å². The summed E-state index contributed by atoms with van der Waals surface area (Å²) in [7, 11) is 0. The maximum absolute atomic E-state index is 2.52. The molecule has 0 unspecified atom stereocenters. The Kier molecular flexibility index (Phi) is 19.1. The number of fused-ring (bicyclic) bond motifs is 20. The van der Waals surface area contributed by atoms with E-state index in [1.54, 1.807) is 0 Å². The number of rotatable bonds is 10. The quantitative estimate of drug-likeness (QED) is 0.128. The first-order valence-electron chi connectivity index (χ1n) is 46.0. The third-order valence-electron chi connectivity index (χ3n) is 27.9. The third-order valence-corrected chi connectivity index (χ3v) is 27.9. The smallest absolute Gasteiger partial charge is 0.246 e. The normalized spacial score (nSPS) is 12.3. The van der Waals surface area contributed by atoms with Crippen molar-refractivity contribution in [3.05, 3.63) is 496 Å². The lowest BCUT2D eigenvalue weighted by Gasteiger charge is -2.29. The van der Waals surface area contributed by atoms with Crippen LogP contribution in [0.1, 0.15) is 11.1 Å². The summed E-state index contributed by atoms with van der Waals surface area (Å²) in [5.41, 5.74) is 41.3. The Bertz CT molecular complexity index is 8500. The van der Waals surface area contributed by atoms with E-state index in [2.05, 4.69) is 527 Å². The highest BCUT2D eigenvalue weighted by Crippen LogP contribution is 2.46. The molecule has 4 aliphatic rings. The van der Waals surface area contributed by atoms with Gasteiger partial charge in [-0.25, -0.2) is 0 Å². The standard InChI is InChI=1S/2C36H25BN2.2C25H18BN/c1-4-14-26(15-5-1)37-31-22-10-11-24-33(31)39-35-29(20-12-23-32(35)37)30-21-13-25-34(36(30)39)38(27-16-6-2-7-17-27)28-18-8-3-9-19-28;1-4-13-26(14-5-1)37-32-20-10-11-22-34(32)39-35-25-29(23-24-30(35)31-19-12-21-33(37)36(31)39)38(27-15-6-2-7-16-27)28-17-8-3-9-18-28;1-17-15-20-19-11-5-7-13-23(19)27-24-14-8-6-12-21(24)26(22(16-17)25(20)27)18-9-3-2-4-10-18;1-17-15-16-21-25-24(17)19-11-5-7-13-22(19)27(25)23-14-8-6-12-20(23)26(21)18-9-3-2-4-10-18/h2*1-25H;2*2-16H,1H3. The molecule has 0 radical (unpaired) electrons. The number of hydrogen-bond acceptors (Lipinski definition) is 2. The van der Waals surface area contributed by atoms with Crippen LogP contribution in [0.2, 0.25) is 0 Å². The van der Waals surface area contributed by atoms with Gasteiger partial charge in [0.25, 0.3) is 0 Å². The Labute approximate surface area is 769 Å². The molecule has 0 saturated carbocycles. The van der Waals surface area contributed by atoms with Crippen LogP contribution in [-0.2, 0) is 0 Å². The minimum atomic E-state index is 0.186. The highest BCUT2D eigenvalue weighted by molar-refractivity contribution is 7.00. The third kappa shape index (κ3) is 12.6. The van der Waals surface area contributed by atoms with Crippen LogP contribution >= 0.6 is 0 Å². The maximum atomic E-state index is 2.52. The topological polar surface area (TPSA) is 26.2 Å². The predicted octanol–water partition coefficient (Wildman–Crippen LogP) is 22.0. The summed E-state index contributed by atoms with van der Waals surface area (Å²) in [6.07, 6.45) is 0. The van der Waals surface area contributed by atoms with Crippen molar-refractivity contribution in [3.63, 3.8) is 0 Å². The molecule has 0 fully saturated rings. The molecule has 4 aromatic heterocycles. The lowest BCUT2D eigenvalue weighted by molar-refractivity contribution is 1.17. The van der Waals surface area contributed by atoms with Gasteiger partial charge in [-0.3, -0.25) is 0 Å². The molecule has 132 heavy (non-hydrogen) atoms. The summed E-state index contributed by atoms with van der Waals surface area (Å²) >= 11 is 0. The van der Waals surface area contributed by atoms with Crippen LogP contribution in [-0.4, -0.2) is 45.1 Å². The molecule has 0 saturated heterocycles. The summed E-state index contributed by atoms with van der Waals surface area (Å²) in [4.78, 5) is 4.73. The summed E-state index contributed by atoms with van der Waals surface area (Å²) < 4.78 is 9.95. The molecule has 0 bridgehead atoms. The largest absolute Gasteiger partial charge is 0.310 e. The van der Waals surface area contributed by atoms with Gasteiger partial charge in [0, 0.05) is 116 Å². The average Bonchev–Trinajstić information content (AvgIpc) is 1.59. The second kappa shape index (κ2) is 32.3. The first kappa shape index (κ1) is 77.8. The Morgan fingerprint density at radius 1 is 0.182 bits per heavy atom. The van der Waals surface area contributed by atoms with E-state index in [4.69, 9.17) is 0 Å². The summed E-state index contributed by atoms with van der Waals surface area (Å²) in [6, 6.07) is 176. The second-order valence-electron chi connectivity index (χ2n) is 35.3. The molecule has 6 nitrogen and oxygen atoms in total. The van der Waals surface area contributed by atoms with Gasteiger partial charge in [-0.15, -0.1) is 0 Å². The van der Waals surface area contributed by atoms with E-state index < -0.39 is 0 Å². The van der Waals surface area contributed by atoms with E-state index in [1.165, 1.54) is 192 Å². The van der Waals surface area contributed by atoms with Crippen LogP contribution in [0.5, 0.6) is 0 Å². The number of nitrogens with zero attached hydrogens (tertiary/aromatic N) is 6. The van der Waals surface area contributed by atoms with Crippen molar-refractivity contribution in [2.45, 2.75) is 13.8 Å². The molecule has 4 aliphatic heterocycles. The van der Waals surface area contributed by atoms with Gasteiger partial charge in [0.2, 0.25) is 26.9 Å². The number of hydrogen-bond donors (Lipinski definition) is 0. The van der Waals surface area contributed by atoms with E-state index >= 15 is 0 Å². The number of aromatic nitrogens is 4. The van der Waals surface area contributed by atoms with Crippen LogP contribution in [0.4, 0.5) is 34.1 Å². The lowest BCUT2D eigenvalue weighted by Crippen LogP contribution is -2.55. The van der Waals surface area contributed by atoms with Crippen molar-refractivity contribution in [3.8, 4) is 22.7 Å². The minimum Gasteiger partial charge on any atom is -0.310 e. The number of para-hydroxylation sites is 13. The summed E-state index contributed by atoms with van der Waals surface area (Å²) in [5.74, 6) is 0. The number of anilines is 6. The summed E-state index contributed by atoms with van der Waals surface area (Å²) in [6.45, 7) is 5.36. The minimum absolute atomic E-state index is 0.186. The fraction of sp³-hybridized carbons (Fsp3) is 0.0164. The molecule has 28 rings (SSSR count). The lowest BCUT2D eigenvalue weighted by atomic mass is 9.35. The zero-order valence-corrected chi connectivity index (χ0v) is 73.2. The van der Waals surface area contributed by atoms with Gasteiger partial charge in [-0.1, -0.05) is 404 Å². The van der Waals surface area contributed by atoms with Gasteiger partial charge >= 0.3 is 0 Å². The first-order chi connectivity index (χ1) is 65.5. The van der Waals surface area contributed by atoms with E-state index in [0.717, 1.165) is 28.4 Å². The highest BCUT2D eigenvalue weighted by atomic mass is 15.2. The van der Waals surface area contributed by atoms with Crippen LogP contribution in [0.25, 0.3) is 110 Å². The van der Waals surface area contributed by atoms with Gasteiger partial charge < -0.3 is 28.1 Å². The highest BCUT2D eigenvalue weighted by Gasteiger charge is 2.39. The van der Waals surface area contributed by atoms with E-state index in [9.17, 15) is 0 Å². The molecule has 0 atom stereocenters. The summed E-state index contributed by atoms with van der Waals surface area (Å²) in [5, 5.41) is 10.6. The van der Waals surface area contributed by atoms with Crippen LogP contribution < -0.4 is 75.4 Å². The molecule has 0 spiro atoms. The van der Waals surface area contributed by atoms with Crippen LogP contribution in [0.15, 0.2) is 485 Å². The van der Waals surface area contributed by atoms with Crippen LogP contribution in [0, 0.1) is 13.8 Å². The Hall–Kier alpha value is -16.5. The fourth-order valence-electron chi connectivity index (χ4n) is 22.6. The Balaban J connectivity index is 0.0000000959. The molecule has 20 aromatic carbocycles. The molecule has 0 amide bonds. The van der Waals surface area contributed by atoms with Crippen LogP contribution in [0.3, 0.4) is 0 Å². The van der Waals surface area contributed by atoms with Gasteiger partial charge in [-0.2, -0.15) is 0 Å². The van der Waals surface area contributed by atoms with Gasteiger partial charge in [0.15, 0.2) is 0 Å². The monoisotopic (exact) mass is 1680 g/mol. The molecule has 616 valence electrons. The molecule has 10 heteroatoms. The number of aryl methyl sites for hydroxylation is 2. The first-order valence-corrected chi connectivity index (χ1v) is 46.0. The molecule has 24 aromatic rings. The zero-order chi connectivity index (χ0) is 87.4. The van der Waals surface area contributed by atoms with Gasteiger partial charge in [0.05, 0.1) is 27.8 Å². The molecular formula is C122H86B4N6. The van der Waals surface area contributed by atoms with E-state index in [0.29, 0.717) is 0 Å².